The van der Waals surface area contributed by atoms with Gasteiger partial charge in [-0.05, 0) is 0 Å². The van der Waals surface area contributed by atoms with Crippen molar-refractivity contribution in [3.05, 3.63) is 0 Å². The van der Waals surface area contributed by atoms with E-state index in [-0.39, 0.29) is 0 Å². The van der Waals surface area contributed by atoms with Gasteiger partial charge < -0.3 is 11.5 Å². The molecule has 4 amide bonds. The maximum atomic E-state index is 10.2. The first kappa shape index (κ1) is 13.2. The van der Waals surface area contributed by atoms with E-state index in [1.807, 2.05) is 0 Å². The average Bonchev–Trinajstić information content (AvgIpc) is 2.14. The molecular weight excluding hydrogens is 220 g/mol. The second-order valence-electron chi connectivity index (χ2n) is 2.11. The second-order valence-corrected chi connectivity index (χ2v) is 3.19. The topological polar surface area (TPSA) is 135 Å². The van der Waals surface area contributed by atoms with Gasteiger partial charge in [-0.1, -0.05) is 0 Å². The Morgan fingerprint density at radius 3 is 1.80 bits per heavy atom. The fourth-order valence-electron chi connectivity index (χ4n) is 0.467. The van der Waals surface area contributed by atoms with Gasteiger partial charge in [-0.2, -0.15) is 22.0 Å². The summed E-state index contributed by atoms with van der Waals surface area (Å²) in [5.41, 5.74) is 13.6. The number of urea groups is 2. The van der Waals surface area contributed by atoms with Crippen LogP contribution in [0.1, 0.15) is 0 Å². The van der Waals surface area contributed by atoms with Gasteiger partial charge in [0.05, 0.1) is 0 Å². The lowest BCUT2D eigenvalue weighted by atomic mass is 10.9. The molecule has 0 aromatic rings. The molecule has 0 heterocycles. The lowest BCUT2D eigenvalue weighted by molar-refractivity contribution is 0.248. The molecule has 6 N–H and O–H groups in total. The van der Waals surface area contributed by atoms with Crippen molar-refractivity contribution in [2.24, 2.45) is 21.7 Å². The van der Waals surface area contributed by atoms with E-state index in [0.29, 0.717) is 11.5 Å². The van der Waals surface area contributed by atoms with Crippen molar-refractivity contribution in [1.29, 1.82) is 0 Å². The first-order valence-electron chi connectivity index (χ1n) is 3.84. The summed E-state index contributed by atoms with van der Waals surface area (Å²) in [6.07, 6.45) is 2.98. The molecule has 0 bridgehead atoms. The van der Waals surface area contributed by atoms with Crippen LogP contribution in [0, 0.1) is 0 Å². The number of primary amides is 2. The highest BCUT2D eigenvalue weighted by Crippen LogP contribution is 1.93. The zero-order valence-corrected chi connectivity index (χ0v) is 8.66. The smallest absolute Gasteiger partial charge is 0.332 e. The van der Waals surface area contributed by atoms with Gasteiger partial charge in [0.15, 0.2) is 0 Å². The number of rotatable bonds is 6. The molecule has 0 fully saturated rings. The molecule has 15 heavy (non-hydrogen) atoms. The van der Waals surface area contributed by atoms with Gasteiger partial charge in [-0.3, -0.25) is 0 Å². The minimum atomic E-state index is -0.705. The number of nitrogens with two attached hydrogens (primary N) is 2. The van der Waals surface area contributed by atoms with Gasteiger partial charge in [-0.25, -0.2) is 20.4 Å². The molecule has 0 aliphatic heterocycles. The van der Waals surface area contributed by atoms with Gasteiger partial charge in [0.1, 0.15) is 0 Å². The summed E-state index contributed by atoms with van der Waals surface area (Å²) in [7, 11) is 0. The summed E-state index contributed by atoms with van der Waals surface area (Å²) in [5.74, 6) is 1.17. The molecule has 0 aliphatic rings. The molecule has 0 radical (unpaired) electrons. The third-order valence-electron chi connectivity index (χ3n) is 0.917. The Labute approximate surface area is 90.5 Å². The molecule has 0 saturated heterocycles. The molecule has 0 saturated carbocycles. The third kappa shape index (κ3) is 12.2. The molecule has 0 spiro atoms. The van der Waals surface area contributed by atoms with E-state index in [0.717, 1.165) is 0 Å². The van der Waals surface area contributed by atoms with Crippen molar-refractivity contribution in [2.45, 2.75) is 0 Å². The van der Waals surface area contributed by atoms with Crippen LogP contribution in [0.25, 0.3) is 0 Å². The monoisotopic (exact) mass is 232 g/mol. The first-order valence-corrected chi connectivity index (χ1v) is 5.00. The lowest BCUT2D eigenvalue weighted by Gasteiger charge is -1.92. The van der Waals surface area contributed by atoms with E-state index in [1.54, 1.807) is 0 Å². The predicted octanol–water partition coefficient (Wildman–Crippen LogP) is -0.972. The van der Waals surface area contributed by atoms with Crippen LogP contribution in [-0.4, -0.2) is 36.0 Å². The van der Waals surface area contributed by atoms with E-state index in [4.69, 9.17) is 11.5 Å². The summed E-state index contributed by atoms with van der Waals surface area (Å²) in [5, 5.41) is 7.02. The minimum absolute atomic E-state index is 0.586. The highest BCUT2D eigenvalue weighted by molar-refractivity contribution is 8.00. The summed E-state index contributed by atoms with van der Waals surface area (Å²) in [4.78, 5) is 20.3. The van der Waals surface area contributed by atoms with Crippen molar-refractivity contribution >= 4 is 36.3 Å². The number of nitrogens with zero attached hydrogens (tertiary/aromatic N) is 2. The highest BCUT2D eigenvalue weighted by Gasteiger charge is 1.86. The van der Waals surface area contributed by atoms with Crippen LogP contribution >= 0.6 is 11.8 Å². The number of carbonyl (C=O) groups excluding carboxylic acids is 2. The Morgan fingerprint density at radius 2 is 1.47 bits per heavy atom. The van der Waals surface area contributed by atoms with E-state index >= 15 is 0 Å². The molecule has 8 nitrogen and oxygen atoms in total. The number of amides is 4. The minimum Gasteiger partial charge on any atom is -0.350 e. The van der Waals surface area contributed by atoms with Crippen LogP contribution in [0.15, 0.2) is 10.2 Å². The molecular formula is C6H12N6O2S. The molecule has 0 aromatic heterocycles. The largest absolute Gasteiger partial charge is 0.350 e. The second kappa shape index (κ2) is 8.81. The molecule has 0 aromatic carbocycles. The normalized spacial score (nSPS) is 10.7. The van der Waals surface area contributed by atoms with Crippen molar-refractivity contribution in [3.8, 4) is 0 Å². The number of hydrazone groups is 2. The van der Waals surface area contributed by atoms with Gasteiger partial charge in [-0.15, -0.1) is 0 Å². The van der Waals surface area contributed by atoms with E-state index in [9.17, 15) is 9.59 Å². The zero-order valence-electron chi connectivity index (χ0n) is 7.84. The van der Waals surface area contributed by atoms with Crippen molar-refractivity contribution in [2.75, 3.05) is 11.5 Å². The Bertz CT molecular complexity index is 240. The summed E-state index contributed by atoms with van der Waals surface area (Å²) in [6, 6.07) is -1.41. The Morgan fingerprint density at radius 1 is 1.07 bits per heavy atom. The highest BCUT2D eigenvalue weighted by atomic mass is 32.2. The van der Waals surface area contributed by atoms with Crippen LogP contribution in [0.4, 0.5) is 9.59 Å². The molecule has 84 valence electrons. The first-order chi connectivity index (χ1) is 7.13. The summed E-state index contributed by atoms with van der Waals surface area (Å²) in [6.45, 7) is 0. The maximum Gasteiger partial charge on any atom is 0.332 e. The number of nitrogens with one attached hydrogen (secondary N) is 2. The van der Waals surface area contributed by atoms with Crippen LogP contribution in [0.2, 0.25) is 0 Å². The molecule has 0 atom stereocenters. The van der Waals surface area contributed by atoms with Gasteiger partial charge in [0.25, 0.3) is 0 Å². The van der Waals surface area contributed by atoms with Crippen molar-refractivity contribution in [3.63, 3.8) is 0 Å². The van der Waals surface area contributed by atoms with Crippen LogP contribution in [0.3, 0.4) is 0 Å². The van der Waals surface area contributed by atoms with E-state index in [2.05, 4.69) is 21.1 Å². The SMILES string of the molecule is NC(=O)NN=CCSCC=NNC(N)=O. The van der Waals surface area contributed by atoms with E-state index < -0.39 is 12.1 Å². The third-order valence-corrected chi connectivity index (χ3v) is 1.69. The zero-order chi connectivity index (χ0) is 11.5. The number of hydrogen-bond acceptors (Lipinski definition) is 5. The fourth-order valence-corrected chi connectivity index (χ4v) is 0.962. The molecule has 0 aliphatic carbocycles. The number of thioether (sulfide) groups is 1. The van der Waals surface area contributed by atoms with Crippen molar-refractivity contribution < 1.29 is 9.59 Å². The maximum absolute atomic E-state index is 10.2. The Balaban J connectivity index is 3.31. The number of carbonyl (C=O) groups is 2. The van der Waals surface area contributed by atoms with Gasteiger partial charge in [0, 0.05) is 23.9 Å². The summed E-state index contributed by atoms with van der Waals surface area (Å²) >= 11 is 1.47. The summed E-state index contributed by atoms with van der Waals surface area (Å²) < 4.78 is 0. The molecule has 9 heteroatoms. The average molecular weight is 232 g/mol. The van der Waals surface area contributed by atoms with Crippen LogP contribution in [0.5, 0.6) is 0 Å². The lowest BCUT2D eigenvalue weighted by Crippen LogP contribution is -2.24. The van der Waals surface area contributed by atoms with Gasteiger partial charge >= 0.3 is 12.1 Å². The van der Waals surface area contributed by atoms with Gasteiger partial charge in [0.2, 0.25) is 0 Å². The van der Waals surface area contributed by atoms with Crippen molar-refractivity contribution in [1.82, 2.24) is 10.9 Å². The number of hydrogen-bond donors (Lipinski definition) is 4. The predicted molar refractivity (Wildman–Crippen MR) is 59.7 cm³/mol. The fraction of sp³-hybridized carbons (Fsp3) is 0.333. The Hall–Kier alpha value is -1.77. The van der Waals surface area contributed by atoms with Crippen LogP contribution in [-0.2, 0) is 0 Å². The standard InChI is InChI=1S/C6H12N6O2S/c7-5(13)11-9-1-3-15-4-2-10-12-6(8)14/h1-2H,3-4H2,(H3,7,11,13)(H3,8,12,14). The quantitative estimate of drug-likeness (QED) is 0.266. The molecule has 0 unspecified atom stereocenters. The van der Waals surface area contributed by atoms with Crippen LogP contribution < -0.4 is 22.3 Å². The Kier molecular flexibility index (Phi) is 7.77. The van der Waals surface area contributed by atoms with E-state index in [1.165, 1.54) is 24.2 Å². The molecule has 0 rings (SSSR count).